The Kier molecular flexibility index (Phi) is 5.44. The lowest BCUT2D eigenvalue weighted by molar-refractivity contribution is 0.289. The van der Waals surface area contributed by atoms with Gasteiger partial charge in [-0.2, -0.15) is 0 Å². The quantitative estimate of drug-likeness (QED) is 0.846. The monoisotopic (exact) mass is 386 g/mol. The van der Waals surface area contributed by atoms with Crippen LogP contribution in [0.1, 0.15) is 5.56 Å². The topological polar surface area (TPSA) is 55.8 Å². The van der Waals surface area contributed by atoms with E-state index in [1.807, 2.05) is 60.5 Å². The first-order valence-electron chi connectivity index (χ1n) is 9.74. The number of hydrogen-bond acceptors (Lipinski definition) is 6. The van der Waals surface area contributed by atoms with Crippen LogP contribution in [-0.2, 0) is 0 Å². The number of piperazine rings is 1. The fourth-order valence-electron chi connectivity index (χ4n) is 3.51. The molecule has 3 heterocycles. The molecule has 6 nitrogen and oxygen atoms in total. The fourth-order valence-corrected chi connectivity index (χ4v) is 3.51. The highest BCUT2D eigenvalue weighted by Crippen LogP contribution is 2.25. The number of pyridine rings is 1. The normalized spacial score (nSPS) is 19.5. The second-order valence-corrected chi connectivity index (χ2v) is 7.20. The van der Waals surface area contributed by atoms with Gasteiger partial charge in [-0.25, -0.2) is 4.99 Å². The van der Waals surface area contributed by atoms with E-state index in [4.69, 9.17) is 4.99 Å². The van der Waals surface area contributed by atoms with Crippen molar-refractivity contribution in [3.63, 3.8) is 0 Å². The highest BCUT2D eigenvalue weighted by molar-refractivity contribution is 5.91. The second kappa shape index (κ2) is 8.32. The zero-order chi connectivity index (χ0) is 20.2. The van der Waals surface area contributed by atoms with Crippen molar-refractivity contribution >= 4 is 17.3 Å². The Morgan fingerprint density at radius 3 is 2.69 bits per heavy atom. The van der Waals surface area contributed by atoms with Crippen LogP contribution < -0.4 is 10.6 Å². The second-order valence-electron chi connectivity index (χ2n) is 7.20. The zero-order valence-electron chi connectivity index (χ0n) is 16.7. The highest BCUT2D eigenvalue weighted by Gasteiger charge is 2.28. The average Bonchev–Trinajstić information content (AvgIpc) is 2.77. The van der Waals surface area contributed by atoms with Crippen molar-refractivity contribution in [2.75, 3.05) is 32.0 Å². The molecule has 4 rings (SSSR count). The van der Waals surface area contributed by atoms with Crippen LogP contribution >= 0.6 is 0 Å². The van der Waals surface area contributed by atoms with Crippen LogP contribution in [0.25, 0.3) is 5.70 Å². The summed E-state index contributed by atoms with van der Waals surface area (Å²) in [6, 6.07) is 14.2. The molecule has 0 saturated carbocycles. The van der Waals surface area contributed by atoms with E-state index in [9.17, 15) is 0 Å². The number of anilines is 1. The number of likely N-dealkylation sites (N-methyl/N-ethyl adjacent to an activating group) is 1. The lowest BCUT2D eigenvalue weighted by Crippen LogP contribution is -2.57. The number of guanidine groups is 1. The van der Waals surface area contributed by atoms with Crippen LogP contribution in [0.15, 0.2) is 90.5 Å². The van der Waals surface area contributed by atoms with Gasteiger partial charge in [0.25, 0.3) is 0 Å². The summed E-state index contributed by atoms with van der Waals surface area (Å²) in [6.45, 7) is 11.0. The van der Waals surface area contributed by atoms with Gasteiger partial charge >= 0.3 is 0 Å². The minimum Gasteiger partial charge on any atom is -0.358 e. The SMILES string of the molecule is C=C(Nc1ccccc1)C1CN(C2=NC(c3ccncc3)=CC(=C)N2C)CCN1. The predicted molar refractivity (Wildman–Crippen MR) is 119 cm³/mol. The van der Waals surface area contributed by atoms with Gasteiger partial charge in [0.1, 0.15) is 0 Å². The van der Waals surface area contributed by atoms with Gasteiger partial charge in [0.2, 0.25) is 5.96 Å². The molecule has 1 atom stereocenters. The van der Waals surface area contributed by atoms with Crippen molar-refractivity contribution < 1.29 is 0 Å². The number of aliphatic imine (C=N–C) groups is 1. The standard InChI is InChI=1S/C23H26N6/c1-17-15-21(19-9-11-24-12-10-19)27-23(28(17)3)29-14-13-25-22(16-29)18(2)26-20-7-5-4-6-8-20/h4-12,15,22,25-26H,1-2,13-14,16H2,3H3. The molecule has 2 aromatic rings. The highest BCUT2D eigenvalue weighted by atomic mass is 15.4. The third-order valence-corrected chi connectivity index (χ3v) is 5.19. The summed E-state index contributed by atoms with van der Waals surface area (Å²) in [7, 11) is 2.01. The molecule has 1 aromatic heterocycles. The minimum absolute atomic E-state index is 0.114. The van der Waals surface area contributed by atoms with Crippen LogP contribution in [-0.4, -0.2) is 53.5 Å². The van der Waals surface area contributed by atoms with Gasteiger partial charge in [0, 0.05) is 61.7 Å². The summed E-state index contributed by atoms with van der Waals surface area (Å²) in [6.07, 6.45) is 5.58. The van der Waals surface area contributed by atoms with Gasteiger partial charge in [-0.05, 0) is 30.3 Å². The summed E-state index contributed by atoms with van der Waals surface area (Å²) in [5, 5.41) is 6.97. The Hall–Kier alpha value is -3.38. The Morgan fingerprint density at radius 2 is 1.93 bits per heavy atom. The van der Waals surface area contributed by atoms with Gasteiger partial charge < -0.3 is 20.4 Å². The first-order chi connectivity index (χ1) is 14.1. The van der Waals surface area contributed by atoms with Gasteiger partial charge in [0.15, 0.2) is 0 Å². The van der Waals surface area contributed by atoms with Crippen molar-refractivity contribution in [1.82, 2.24) is 20.1 Å². The molecule has 2 aliphatic rings. The number of nitrogens with one attached hydrogen (secondary N) is 2. The molecule has 2 aliphatic heterocycles. The molecule has 0 aliphatic carbocycles. The van der Waals surface area contributed by atoms with Crippen molar-refractivity contribution in [3.8, 4) is 0 Å². The molecule has 6 heteroatoms. The number of hydrogen-bond donors (Lipinski definition) is 2. The Labute approximate surface area is 172 Å². The van der Waals surface area contributed by atoms with Gasteiger partial charge in [0.05, 0.1) is 11.7 Å². The Bertz CT molecular complexity index is 948. The molecule has 1 saturated heterocycles. The molecular formula is C23H26N6. The lowest BCUT2D eigenvalue weighted by Gasteiger charge is -2.40. The maximum absolute atomic E-state index is 4.95. The van der Waals surface area contributed by atoms with E-state index in [1.165, 1.54) is 0 Å². The van der Waals surface area contributed by atoms with Crippen LogP contribution in [0.2, 0.25) is 0 Å². The molecule has 1 fully saturated rings. The summed E-state index contributed by atoms with van der Waals surface area (Å²) in [5.41, 5.74) is 4.84. The van der Waals surface area contributed by atoms with E-state index in [1.54, 1.807) is 12.4 Å². The largest absolute Gasteiger partial charge is 0.358 e. The smallest absolute Gasteiger partial charge is 0.206 e. The lowest BCUT2D eigenvalue weighted by atomic mass is 10.1. The van der Waals surface area contributed by atoms with E-state index in [0.717, 1.165) is 53.9 Å². The summed E-state index contributed by atoms with van der Waals surface area (Å²) in [4.78, 5) is 13.4. The third-order valence-electron chi connectivity index (χ3n) is 5.19. The van der Waals surface area contributed by atoms with Gasteiger partial charge in [-0.3, -0.25) is 4.98 Å². The van der Waals surface area contributed by atoms with Crippen molar-refractivity contribution in [1.29, 1.82) is 0 Å². The Morgan fingerprint density at radius 1 is 1.17 bits per heavy atom. The van der Waals surface area contributed by atoms with E-state index in [2.05, 4.69) is 33.7 Å². The van der Waals surface area contributed by atoms with Crippen LogP contribution in [0.4, 0.5) is 5.69 Å². The van der Waals surface area contributed by atoms with E-state index in [0.29, 0.717) is 0 Å². The summed E-state index contributed by atoms with van der Waals surface area (Å²) < 4.78 is 0. The molecule has 0 spiro atoms. The van der Waals surface area contributed by atoms with Crippen molar-refractivity contribution in [2.24, 2.45) is 4.99 Å². The molecule has 0 amide bonds. The molecule has 148 valence electrons. The third kappa shape index (κ3) is 4.22. The van der Waals surface area contributed by atoms with Gasteiger partial charge in [-0.1, -0.05) is 31.4 Å². The first-order valence-corrected chi connectivity index (χ1v) is 9.74. The number of rotatable bonds is 4. The molecule has 1 unspecified atom stereocenters. The zero-order valence-corrected chi connectivity index (χ0v) is 16.7. The average molecular weight is 387 g/mol. The van der Waals surface area contributed by atoms with E-state index < -0.39 is 0 Å². The number of aromatic nitrogens is 1. The van der Waals surface area contributed by atoms with Crippen LogP contribution in [0.5, 0.6) is 0 Å². The van der Waals surface area contributed by atoms with Crippen molar-refractivity contribution in [2.45, 2.75) is 6.04 Å². The molecular weight excluding hydrogens is 360 g/mol. The number of nitrogens with zero attached hydrogens (tertiary/aromatic N) is 4. The van der Waals surface area contributed by atoms with Gasteiger partial charge in [-0.15, -0.1) is 0 Å². The first kappa shape index (κ1) is 19.0. The van der Waals surface area contributed by atoms with E-state index in [-0.39, 0.29) is 6.04 Å². The maximum atomic E-state index is 4.95. The molecule has 0 radical (unpaired) electrons. The van der Waals surface area contributed by atoms with Crippen molar-refractivity contribution in [3.05, 3.63) is 91.0 Å². The molecule has 0 bridgehead atoms. The summed E-state index contributed by atoms with van der Waals surface area (Å²) in [5.74, 6) is 0.906. The number of benzene rings is 1. The molecule has 2 N–H and O–H groups in total. The van der Waals surface area contributed by atoms with Crippen LogP contribution in [0.3, 0.4) is 0 Å². The maximum Gasteiger partial charge on any atom is 0.206 e. The number of para-hydroxylation sites is 1. The minimum atomic E-state index is 0.114. The van der Waals surface area contributed by atoms with Crippen LogP contribution in [0, 0.1) is 0 Å². The van der Waals surface area contributed by atoms with E-state index >= 15 is 0 Å². The number of allylic oxidation sites excluding steroid dienone is 1. The fraction of sp³-hybridized carbons (Fsp3) is 0.217. The Balaban J connectivity index is 1.52. The molecule has 29 heavy (non-hydrogen) atoms. The predicted octanol–water partition coefficient (Wildman–Crippen LogP) is 3.14. The summed E-state index contributed by atoms with van der Waals surface area (Å²) >= 11 is 0. The molecule has 1 aromatic carbocycles.